The predicted molar refractivity (Wildman–Crippen MR) is 186 cm³/mol. The van der Waals surface area contributed by atoms with Gasteiger partial charge in [-0.3, -0.25) is 4.79 Å². The molecule has 0 saturated heterocycles. The Morgan fingerprint density at radius 1 is 0.894 bits per heavy atom. The van der Waals surface area contributed by atoms with Crippen LogP contribution >= 0.6 is 0 Å². The number of fused-ring (bicyclic) bond motifs is 7. The second kappa shape index (κ2) is 11.0. The summed E-state index contributed by atoms with van der Waals surface area (Å²) in [5.41, 5.74) is 3.36. The van der Waals surface area contributed by atoms with Crippen LogP contribution in [0.3, 0.4) is 0 Å². The zero-order valence-electron chi connectivity index (χ0n) is 29.8. The fourth-order valence-electron chi connectivity index (χ4n) is 12.7. The van der Waals surface area contributed by atoms with Crippen LogP contribution in [-0.2, 0) is 15.0 Å². The Labute approximate surface area is 282 Å². The number of aromatic carboxylic acids is 1. The summed E-state index contributed by atoms with van der Waals surface area (Å²) in [6.07, 6.45) is 11.1. The summed E-state index contributed by atoms with van der Waals surface area (Å²) in [4.78, 5) is 25.7. The number of hydrogen-bond donors (Lipinski definition) is 2. The summed E-state index contributed by atoms with van der Waals surface area (Å²) < 4.78 is 29.4. The van der Waals surface area contributed by atoms with Gasteiger partial charge in [0.1, 0.15) is 0 Å². The first-order valence-corrected chi connectivity index (χ1v) is 19.1. The molecule has 47 heavy (non-hydrogen) atoms. The van der Waals surface area contributed by atoms with Gasteiger partial charge in [0.15, 0.2) is 0 Å². The third-order valence-electron chi connectivity index (χ3n) is 15.2. The monoisotopic (exact) mass is 664 g/mol. The molecule has 1 aromatic rings. The fourth-order valence-corrected chi connectivity index (χ4v) is 13.4. The minimum absolute atomic E-state index is 0.0254. The Balaban J connectivity index is 1.36. The lowest BCUT2D eigenvalue weighted by Gasteiger charge is -2.72. The molecule has 6 rings (SSSR count). The topological polar surface area (TPSA) is 104 Å². The number of hydrogen-bond acceptors (Lipinski definition) is 4. The smallest absolute Gasteiger partial charge is 0.335 e. The minimum Gasteiger partial charge on any atom is -0.478 e. The number of carboxylic acids is 1. The van der Waals surface area contributed by atoms with Crippen LogP contribution in [0.2, 0.25) is 0 Å². The quantitative estimate of drug-likeness (QED) is 0.301. The first-order chi connectivity index (χ1) is 21.8. The fraction of sp³-hybridized carbons (Fsp3) is 0.692. The summed E-state index contributed by atoms with van der Waals surface area (Å²) in [5.74, 6) is 0.433. The Morgan fingerprint density at radius 3 is 2.15 bits per heavy atom. The molecule has 1 aromatic carbocycles. The number of carbonyl (C=O) groups excluding carboxylic acids is 1. The van der Waals surface area contributed by atoms with Crippen LogP contribution < -0.4 is 4.72 Å². The number of benzene rings is 1. The number of nitrogens with one attached hydrogen (secondary N) is 1. The highest BCUT2D eigenvalue weighted by Gasteiger charge is 2.71. The molecular weight excluding hydrogens is 609 g/mol. The molecule has 9 atom stereocenters. The third kappa shape index (κ3) is 4.77. The predicted octanol–water partition coefficient (Wildman–Crippen LogP) is 7.96. The molecule has 0 spiro atoms. The average Bonchev–Trinajstić information content (AvgIpc) is 3.38. The van der Waals surface area contributed by atoms with Crippen molar-refractivity contribution in [3.8, 4) is 0 Å². The van der Waals surface area contributed by atoms with E-state index in [2.05, 4.69) is 58.9 Å². The largest absolute Gasteiger partial charge is 0.478 e. The van der Waals surface area contributed by atoms with Gasteiger partial charge in [-0.25, -0.2) is 9.52 Å². The Kier molecular flexibility index (Phi) is 8.08. The van der Waals surface area contributed by atoms with Crippen molar-refractivity contribution in [3.05, 3.63) is 53.6 Å². The summed E-state index contributed by atoms with van der Waals surface area (Å²) in [7, 11) is -0.957. The molecule has 4 saturated carbocycles. The van der Waals surface area contributed by atoms with E-state index >= 15 is 0 Å². The Morgan fingerprint density at radius 2 is 1.55 bits per heavy atom. The minimum atomic E-state index is -3.89. The second-order valence-electron chi connectivity index (χ2n) is 17.5. The summed E-state index contributed by atoms with van der Waals surface area (Å²) in [6.45, 7) is 18.9. The van der Waals surface area contributed by atoms with E-state index in [-0.39, 0.29) is 39.4 Å². The number of allylic oxidation sites excluding steroid dienone is 3. The van der Waals surface area contributed by atoms with E-state index in [0.29, 0.717) is 36.2 Å². The summed E-state index contributed by atoms with van der Waals surface area (Å²) in [6, 6.07) is 7.41. The Bertz CT molecular complexity index is 1630. The maximum Gasteiger partial charge on any atom is 0.335 e. The summed E-state index contributed by atoms with van der Waals surface area (Å²) >= 11 is 0. The van der Waals surface area contributed by atoms with Crippen molar-refractivity contribution in [1.82, 2.24) is 9.03 Å². The SMILES string of the molecule is C=C(C)[C@@H]1CC[C@]2(C(=O)NS(=O)(=O)N(C)C)CC[C@]3(C)[C@H](CC[C@@H]4[C@@]5(C)CC=C(c6ccc(C(=O)O)cc6)C(C)(C)[C@@H]5CC[C@]43C)[C@@H]12. The van der Waals surface area contributed by atoms with Crippen LogP contribution in [0.15, 0.2) is 42.5 Å². The van der Waals surface area contributed by atoms with Crippen molar-refractivity contribution in [2.45, 2.75) is 99.3 Å². The summed E-state index contributed by atoms with van der Waals surface area (Å²) in [5, 5.41) is 9.45. The van der Waals surface area contributed by atoms with Crippen molar-refractivity contribution in [2.24, 2.45) is 56.7 Å². The molecule has 4 fully saturated rings. The van der Waals surface area contributed by atoms with E-state index in [1.807, 2.05) is 12.1 Å². The van der Waals surface area contributed by atoms with Gasteiger partial charge < -0.3 is 5.11 Å². The van der Waals surface area contributed by atoms with Crippen LogP contribution in [0.4, 0.5) is 0 Å². The molecule has 0 bridgehead atoms. The highest BCUT2D eigenvalue weighted by molar-refractivity contribution is 7.87. The van der Waals surface area contributed by atoms with Crippen LogP contribution in [0.1, 0.15) is 115 Å². The van der Waals surface area contributed by atoms with Crippen LogP contribution in [0.5, 0.6) is 0 Å². The first kappa shape index (κ1) is 34.4. The molecule has 0 unspecified atom stereocenters. The highest BCUT2D eigenvalue weighted by atomic mass is 32.2. The number of carbonyl (C=O) groups is 2. The molecule has 2 N–H and O–H groups in total. The normalized spacial score (nSPS) is 40.7. The van der Waals surface area contributed by atoms with Crippen molar-refractivity contribution in [3.63, 3.8) is 0 Å². The molecule has 0 aliphatic heterocycles. The highest BCUT2D eigenvalue weighted by Crippen LogP contribution is 2.77. The van der Waals surface area contributed by atoms with Gasteiger partial charge >= 0.3 is 16.2 Å². The van der Waals surface area contributed by atoms with E-state index in [0.717, 1.165) is 60.4 Å². The van der Waals surface area contributed by atoms with Gasteiger partial charge in [-0.05, 0) is 139 Å². The van der Waals surface area contributed by atoms with Crippen molar-refractivity contribution in [2.75, 3.05) is 14.1 Å². The first-order valence-electron chi connectivity index (χ1n) is 17.7. The van der Waals surface area contributed by atoms with E-state index < -0.39 is 21.6 Å². The third-order valence-corrected chi connectivity index (χ3v) is 16.6. The number of amides is 1. The lowest BCUT2D eigenvalue weighted by molar-refractivity contribution is -0.224. The molecule has 1 amide bonds. The van der Waals surface area contributed by atoms with Crippen molar-refractivity contribution < 1.29 is 23.1 Å². The maximum absolute atomic E-state index is 14.2. The maximum atomic E-state index is 14.2. The van der Waals surface area contributed by atoms with Gasteiger partial charge in [-0.1, -0.05) is 65.0 Å². The molecule has 5 aliphatic rings. The average molecular weight is 665 g/mol. The molecule has 0 radical (unpaired) electrons. The van der Waals surface area contributed by atoms with Gasteiger partial charge in [0.25, 0.3) is 0 Å². The standard InChI is InChI=1S/C39H56N2O5S/c1-24(2)27-16-21-39(34(44)40-47(45,46)41(8)9)23-22-37(6)29(32(27)39)14-15-31-36(5)19-17-28(25-10-12-26(13-11-25)33(42)43)35(3,4)30(36)18-20-38(31,37)7/h10-13,17,27,29-32H,1,14-16,18-23H2,2-9H3,(H,40,44)(H,42,43)/t27-,29+,30-,31+,32+,36-,37+,38+,39-/m0/s1. The number of carboxylic acid groups (broad SMARTS) is 1. The molecule has 0 aromatic heterocycles. The van der Waals surface area contributed by atoms with Crippen molar-refractivity contribution >= 4 is 27.7 Å². The van der Waals surface area contributed by atoms with Gasteiger partial charge in [-0.15, -0.1) is 0 Å². The molecule has 5 aliphatic carbocycles. The molecule has 258 valence electrons. The lowest BCUT2D eigenvalue weighted by Crippen LogP contribution is -2.66. The van der Waals surface area contributed by atoms with Crippen LogP contribution in [-0.4, -0.2) is 43.8 Å². The van der Waals surface area contributed by atoms with Gasteiger partial charge in [-0.2, -0.15) is 12.7 Å². The Hall–Kier alpha value is -2.45. The molecule has 7 nitrogen and oxygen atoms in total. The van der Waals surface area contributed by atoms with Crippen LogP contribution in [0, 0.1) is 56.7 Å². The van der Waals surface area contributed by atoms with Crippen molar-refractivity contribution in [1.29, 1.82) is 0 Å². The van der Waals surface area contributed by atoms with E-state index in [9.17, 15) is 23.1 Å². The van der Waals surface area contributed by atoms with E-state index in [1.165, 1.54) is 19.7 Å². The van der Waals surface area contributed by atoms with Gasteiger partial charge in [0.05, 0.1) is 11.0 Å². The van der Waals surface area contributed by atoms with Gasteiger partial charge in [0, 0.05) is 14.1 Å². The second-order valence-corrected chi connectivity index (χ2v) is 19.4. The van der Waals surface area contributed by atoms with Gasteiger partial charge in [0.2, 0.25) is 5.91 Å². The molecule has 8 heteroatoms. The zero-order chi connectivity index (χ0) is 34.5. The molecular formula is C39H56N2O5S. The molecule has 0 heterocycles. The van der Waals surface area contributed by atoms with E-state index in [4.69, 9.17) is 0 Å². The number of nitrogens with zero attached hydrogens (tertiary/aromatic N) is 1. The zero-order valence-corrected chi connectivity index (χ0v) is 30.6. The van der Waals surface area contributed by atoms with Crippen LogP contribution in [0.25, 0.3) is 5.57 Å². The lowest BCUT2D eigenvalue weighted by atomic mass is 9.32. The van der Waals surface area contributed by atoms with E-state index in [1.54, 1.807) is 12.1 Å². The number of rotatable bonds is 6.